The Balaban J connectivity index is 2.14. The molecule has 0 unspecified atom stereocenters. The second-order valence-electron chi connectivity index (χ2n) is 2.08. The van der Waals surface area contributed by atoms with E-state index in [1.165, 1.54) is 17.4 Å². The van der Waals surface area contributed by atoms with Crippen LogP contribution in [0.3, 0.4) is 0 Å². The molecule has 2 heterocycles. The zero-order valence-corrected chi connectivity index (χ0v) is 6.16. The number of nitrogens with zero attached hydrogens (tertiary/aromatic N) is 4. The molecule has 5 heteroatoms. The first-order valence-corrected chi connectivity index (χ1v) is 3.37. The van der Waals surface area contributed by atoms with Gasteiger partial charge in [0.15, 0.2) is 0 Å². The maximum atomic E-state index is 5.02. The Bertz CT molecular complexity index is 312. The van der Waals surface area contributed by atoms with Crippen molar-refractivity contribution in [1.82, 2.24) is 14.9 Å². The first kappa shape index (κ1) is 6.78. The minimum atomic E-state index is 0.686. The van der Waals surface area contributed by atoms with Crippen LogP contribution in [0.1, 0.15) is 5.76 Å². The predicted molar refractivity (Wildman–Crippen MR) is 41.7 cm³/mol. The molecule has 0 N–H and O–H groups in total. The number of hydrogen-bond donors (Lipinski definition) is 0. The minimum absolute atomic E-state index is 0.686. The lowest BCUT2D eigenvalue weighted by molar-refractivity contribution is 0.558. The van der Waals surface area contributed by atoms with Crippen LogP contribution in [-0.2, 0) is 0 Å². The Labute approximate surface area is 68.3 Å². The summed E-state index contributed by atoms with van der Waals surface area (Å²) < 4.78 is 5.02. The van der Waals surface area contributed by atoms with Gasteiger partial charge in [-0.25, -0.2) is 4.98 Å². The van der Waals surface area contributed by atoms with Crippen molar-refractivity contribution in [2.75, 3.05) is 0 Å². The molecule has 0 aliphatic rings. The van der Waals surface area contributed by atoms with Crippen molar-refractivity contribution in [2.24, 2.45) is 5.10 Å². The molecule has 0 spiro atoms. The van der Waals surface area contributed by atoms with E-state index in [1.54, 1.807) is 24.6 Å². The molecular weight excluding hydrogens is 156 g/mol. The van der Waals surface area contributed by atoms with Gasteiger partial charge in [0.05, 0.1) is 12.5 Å². The normalized spacial score (nSPS) is 11.0. The summed E-state index contributed by atoms with van der Waals surface area (Å²) in [6, 6.07) is 3.60. The Kier molecular flexibility index (Phi) is 1.69. The van der Waals surface area contributed by atoms with Gasteiger partial charge < -0.3 is 4.42 Å². The van der Waals surface area contributed by atoms with Crippen LogP contribution >= 0.6 is 0 Å². The number of hydrogen-bond acceptors (Lipinski definition) is 4. The molecule has 0 fully saturated rings. The first-order valence-electron chi connectivity index (χ1n) is 3.37. The molecule has 2 aromatic heterocycles. The third-order valence-corrected chi connectivity index (χ3v) is 1.25. The zero-order valence-electron chi connectivity index (χ0n) is 6.16. The molecule has 60 valence electrons. The van der Waals surface area contributed by atoms with Crippen molar-refractivity contribution < 1.29 is 4.42 Å². The van der Waals surface area contributed by atoms with Crippen molar-refractivity contribution in [3.8, 4) is 0 Å². The Morgan fingerprint density at radius 2 is 2.58 bits per heavy atom. The molecule has 2 aromatic rings. The van der Waals surface area contributed by atoms with Gasteiger partial charge in [0, 0.05) is 0 Å². The van der Waals surface area contributed by atoms with Crippen molar-refractivity contribution in [2.45, 2.75) is 0 Å². The van der Waals surface area contributed by atoms with Crippen LogP contribution in [-0.4, -0.2) is 21.1 Å². The van der Waals surface area contributed by atoms with Crippen molar-refractivity contribution in [1.29, 1.82) is 0 Å². The summed E-state index contributed by atoms with van der Waals surface area (Å²) in [5.74, 6) is 0.686. The van der Waals surface area contributed by atoms with E-state index in [4.69, 9.17) is 4.42 Å². The largest absolute Gasteiger partial charge is 0.463 e. The van der Waals surface area contributed by atoms with E-state index in [9.17, 15) is 0 Å². The highest BCUT2D eigenvalue weighted by Crippen LogP contribution is 1.94. The van der Waals surface area contributed by atoms with Crippen LogP contribution in [0.2, 0.25) is 0 Å². The summed E-state index contributed by atoms with van der Waals surface area (Å²) in [6.45, 7) is 0. The van der Waals surface area contributed by atoms with Gasteiger partial charge in [-0.05, 0) is 12.1 Å². The molecule has 0 aliphatic heterocycles. The van der Waals surface area contributed by atoms with E-state index < -0.39 is 0 Å². The molecule has 0 saturated heterocycles. The predicted octanol–water partition coefficient (Wildman–Crippen LogP) is 0.753. The SMILES string of the molecule is C(=N\n1cncn1)/c1ccco1. The van der Waals surface area contributed by atoms with Gasteiger partial charge >= 0.3 is 0 Å². The highest BCUT2D eigenvalue weighted by atomic mass is 16.3. The average molecular weight is 162 g/mol. The molecule has 5 nitrogen and oxygen atoms in total. The average Bonchev–Trinajstić information content (AvgIpc) is 2.74. The van der Waals surface area contributed by atoms with E-state index in [-0.39, 0.29) is 0 Å². The second kappa shape index (κ2) is 3.00. The molecule has 2 rings (SSSR count). The van der Waals surface area contributed by atoms with E-state index in [2.05, 4.69) is 15.2 Å². The quantitative estimate of drug-likeness (QED) is 0.612. The Morgan fingerprint density at radius 1 is 1.58 bits per heavy atom. The van der Waals surface area contributed by atoms with Crippen LogP contribution in [0.15, 0.2) is 40.6 Å². The molecule has 0 radical (unpaired) electrons. The lowest BCUT2D eigenvalue weighted by Gasteiger charge is -1.85. The fourth-order valence-electron chi connectivity index (χ4n) is 0.742. The van der Waals surface area contributed by atoms with Crippen LogP contribution in [0.25, 0.3) is 0 Å². The summed E-state index contributed by atoms with van der Waals surface area (Å²) >= 11 is 0. The van der Waals surface area contributed by atoms with E-state index in [1.807, 2.05) is 0 Å². The summed E-state index contributed by atoms with van der Waals surface area (Å²) in [6.07, 6.45) is 6.07. The standard InChI is InChI=1S/C7H6N4O/c1-2-7(12-3-1)4-9-11-6-8-5-10-11/h1-6H/b9-4+. The topological polar surface area (TPSA) is 56.2 Å². The molecule has 12 heavy (non-hydrogen) atoms. The van der Waals surface area contributed by atoms with Crippen molar-refractivity contribution >= 4 is 6.21 Å². The lowest BCUT2D eigenvalue weighted by Crippen LogP contribution is -1.88. The van der Waals surface area contributed by atoms with Gasteiger partial charge in [-0.3, -0.25) is 0 Å². The molecule has 0 saturated carbocycles. The third-order valence-electron chi connectivity index (χ3n) is 1.25. The number of furan rings is 1. The van der Waals surface area contributed by atoms with Crippen LogP contribution in [0.4, 0.5) is 0 Å². The Morgan fingerprint density at radius 3 is 3.25 bits per heavy atom. The monoisotopic (exact) mass is 162 g/mol. The third kappa shape index (κ3) is 1.39. The molecule has 0 aliphatic carbocycles. The number of rotatable bonds is 2. The van der Waals surface area contributed by atoms with Crippen LogP contribution < -0.4 is 0 Å². The molecule has 0 atom stereocenters. The minimum Gasteiger partial charge on any atom is -0.463 e. The van der Waals surface area contributed by atoms with E-state index in [0.29, 0.717) is 5.76 Å². The summed E-state index contributed by atoms with van der Waals surface area (Å²) in [5.41, 5.74) is 0. The van der Waals surface area contributed by atoms with E-state index in [0.717, 1.165) is 0 Å². The summed E-state index contributed by atoms with van der Waals surface area (Å²) in [5, 5.41) is 7.71. The van der Waals surface area contributed by atoms with Gasteiger partial charge in [0.1, 0.15) is 18.4 Å². The van der Waals surface area contributed by atoms with Gasteiger partial charge in [-0.2, -0.15) is 5.10 Å². The first-order chi connectivity index (χ1) is 5.95. The van der Waals surface area contributed by atoms with Crippen molar-refractivity contribution in [3.63, 3.8) is 0 Å². The van der Waals surface area contributed by atoms with Gasteiger partial charge in [0.25, 0.3) is 0 Å². The second-order valence-corrected chi connectivity index (χ2v) is 2.08. The molecular formula is C7H6N4O. The fraction of sp³-hybridized carbons (Fsp3) is 0. The van der Waals surface area contributed by atoms with Crippen LogP contribution in [0.5, 0.6) is 0 Å². The lowest BCUT2D eigenvalue weighted by atomic mass is 10.5. The smallest absolute Gasteiger partial charge is 0.146 e. The fourth-order valence-corrected chi connectivity index (χ4v) is 0.742. The maximum absolute atomic E-state index is 5.02. The van der Waals surface area contributed by atoms with E-state index >= 15 is 0 Å². The maximum Gasteiger partial charge on any atom is 0.146 e. The number of aromatic nitrogens is 3. The zero-order chi connectivity index (χ0) is 8.23. The summed E-state index contributed by atoms with van der Waals surface area (Å²) in [4.78, 5) is 5.08. The van der Waals surface area contributed by atoms with Crippen molar-refractivity contribution in [3.05, 3.63) is 36.8 Å². The molecule has 0 aromatic carbocycles. The highest BCUT2D eigenvalue weighted by Gasteiger charge is 1.88. The summed E-state index contributed by atoms with van der Waals surface area (Å²) in [7, 11) is 0. The van der Waals surface area contributed by atoms with Gasteiger partial charge in [0.2, 0.25) is 0 Å². The van der Waals surface area contributed by atoms with Gasteiger partial charge in [-0.15, -0.1) is 9.89 Å². The van der Waals surface area contributed by atoms with Gasteiger partial charge in [-0.1, -0.05) is 0 Å². The van der Waals surface area contributed by atoms with Crippen LogP contribution in [0, 0.1) is 0 Å². The Hall–Kier alpha value is -1.91. The molecule has 0 bridgehead atoms. The molecule has 0 amide bonds. The highest BCUT2D eigenvalue weighted by molar-refractivity contribution is 5.75.